The molecule has 0 spiro atoms. The Morgan fingerprint density at radius 2 is 2.00 bits per heavy atom. The minimum absolute atomic E-state index is 0. The first-order chi connectivity index (χ1) is 8.47. The Hall–Kier alpha value is -1.12. The molecule has 0 aromatic carbocycles. The van der Waals surface area contributed by atoms with Gasteiger partial charge in [-0.15, -0.1) is 12.4 Å². The van der Waals surface area contributed by atoms with Crippen molar-refractivity contribution in [2.75, 3.05) is 6.61 Å². The Morgan fingerprint density at radius 1 is 1.37 bits per heavy atom. The molecule has 4 atom stereocenters. The van der Waals surface area contributed by atoms with Gasteiger partial charge in [0.2, 0.25) is 5.43 Å². The highest BCUT2D eigenvalue weighted by Gasteiger charge is 2.43. The van der Waals surface area contributed by atoms with Gasteiger partial charge in [0.15, 0.2) is 12.0 Å². The van der Waals surface area contributed by atoms with Crippen LogP contribution in [0, 0.1) is 6.92 Å². The van der Waals surface area contributed by atoms with E-state index in [1.807, 2.05) is 0 Å². The maximum Gasteiger partial charge on any atom is 0.223 e. The van der Waals surface area contributed by atoms with E-state index in [-0.39, 0.29) is 18.1 Å². The Balaban J connectivity index is 0.00000180. The van der Waals surface area contributed by atoms with Gasteiger partial charge < -0.3 is 29.7 Å². The number of aliphatic hydroxyl groups is 3. The standard InChI is InChI=1S/C11H15NO6.ClH/c1-5-8(15)6(14)2-3-12(5)11-10(17)9(16)7(4-13)18-11;/h2-3,7,9-11,13,15-17H,4H2,1H3;1H. The number of aromatic nitrogens is 1. The molecule has 108 valence electrons. The van der Waals surface area contributed by atoms with Crippen molar-refractivity contribution in [1.82, 2.24) is 4.57 Å². The normalized spacial score (nSPS) is 30.1. The summed E-state index contributed by atoms with van der Waals surface area (Å²) in [7, 11) is 0. The molecule has 1 aromatic rings. The number of ether oxygens (including phenoxy) is 1. The topological polar surface area (TPSA) is 112 Å². The molecule has 4 N–H and O–H groups in total. The molecule has 8 heteroatoms. The molecular weight excluding hydrogens is 278 g/mol. The minimum atomic E-state index is -1.25. The molecule has 1 aromatic heterocycles. The number of rotatable bonds is 2. The third-order valence-corrected chi connectivity index (χ3v) is 3.14. The molecule has 0 aliphatic carbocycles. The summed E-state index contributed by atoms with van der Waals surface area (Å²) in [5.74, 6) is -0.435. The Morgan fingerprint density at radius 3 is 2.53 bits per heavy atom. The lowest BCUT2D eigenvalue weighted by molar-refractivity contribution is -0.0541. The monoisotopic (exact) mass is 293 g/mol. The zero-order chi connectivity index (χ0) is 13.4. The fourth-order valence-corrected chi connectivity index (χ4v) is 2.02. The van der Waals surface area contributed by atoms with Crippen LogP contribution in [0.2, 0.25) is 0 Å². The molecule has 0 saturated carbocycles. The fraction of sp³-hybridized carbons (Fsp3) is 0.545. The average molecular weight is 294 g/mol. The van der Waals surface area contributed by atoms with Gasteiger partial charge in [-0.25, -0.2) is 0 Å². The predicted molar refractivity (Wildman–Crippen MR) is 67.4 cm³/mol. The summed E-state index contributed by atoms with van der Waals surface area (Å²) >= 11 is 0. The van der Waals surface area contributed by atoms with Crippen LogP contribution in [0.15, 0.2) is 17.1 Å². The van der Waals surface area contributed by atoms with E-state index in [0.29, 0.717) is 0 Å². The Bertz CT molecular complexity index is 504. The van der Waals surface area contributed by atoms with Gasteiger partial charge in [0, 0.05) is 12.3 Å². The second-order valence-electron chi connectivity index (χ2n) is 4.25. The van der Waals surface area contributed by atoms with Crippen LogP contribution in [0.5, 0.6) is 5.75 Å². The zero-order valence-corrected chi connectivity index (χ0v) is 10.9. The maximum atomic E-state index is 11.2. The lowest BCUT2D eigenvalue weighted by Gasteiger charge is -2.21. The van der Waals surface area contributed by atoms with E-state index in [1.165, 1.54) is 17.7 Å². The fourth-order valence-electron chi connectivity index (χ4n) is 2.02. The van der Waals surface area contributed by atoms with Crippen LogP contribution in [0.25, 0.3) is 0 Å². The first kappa shape index (κ1) is 15.9. The summed E-state index contributed by atoms with van der Waals surface area (Å²) in [4.78, 5) is 11.2. The van der Waals surface area contributed by atoms with E-state index in [2.05, 4.69) is 0 Å². The number of hydrogen-bond donors (Lipinski definition) is 4. The van der Waals surface area contributed by atoms with Crippen LogP contribution in [0.1, 0.15) is 11.9 Å². The van der Waals surface area contributed by atoms with E-state index >= 15 is 0 Å². The molecule has 19 heavy (non-hydrogen) atoms. The molecule has 7 nitrogen and oxygen atoms in total. The van der Waals surface area contributed by atoms with Crippen LogP contribution in [0.4, 0.5) is 0 Å². The molecule has 2 heterocycles. The molecule has 0 radical (unpaired) electrons. The summed E-state index contributed by atoms with van der Waals surface area (Å²) in [5.41, 5.74) is -0.312. The first-order valence-electron chi connectivity index (χ1n) is 5.50. The molecule has 0 amide bonds. The van der Waals surface area contributed by atoms with Gasteiger partial charge in [0.05, 0.1) is 12.3 Å². The van der Waals surface area contributed by atoms with E-state index in [0.717, 1.165) is 6.07 Å². The molecule has 1 saturated heterocycles. The van der Waals surface area contributed by atoms with Gasteiger partial charge in [0.1, 0.15) is 18.3 Å². The molecule has 1 aliphatic heterocycles. The number of halogens is 1. The third kappa shape index (κ3) is 2.60. The van der Waals surface area contributed by atoms with Crippen molar-refractivity contribution in [2.24, 2.45) is 0 Å². The minimum Gasteiger partial charge on any atom is -0.503 e. The number of nitrogens with zero attached hydrogens (tertiary/aromatic N) is 1. The van der Waals surface area contributed by atoms with Crippen LogP contribution < -0.4 is 5.43 Å². The summed E-state index contributed by atoms with van der Waals surface area (Å²) in [6, 6.07) is 1.14. The van der Waals surface area contributed by atoms with Crippen LogP contribution in [-0.4, -0.2) is 49.9 Å². The highest BCUT2D eigenvalue weighted by atomic mass is 35.5. The predicted octanol–water partition coefficient (Wildman–Crippen LogP) is -1.10. The Kier molecular flexibility index (Phi) is 4.94. The summed E-state index contributed by atoms with van der Waals surface area (Å²) in [6.07, 6.45) is -2.96. The van der Waals surface area contributed by atoms with Crippen LogP contribution >= 0.6 is 12.4 Å². The van der Waals surface area contributed by atoms with Crippen molar-refractivity contribution >= 4 is 12.4 Å². The SMILES string of the molecule is Cc1c(O)c(=O)ccn1C1OC(CO)C(O)C1O.Cl. The smallest absolute Gasteiger partial charge is 0.223 e. The zero-order valence-electron chi connectivity index (χ0n) is 10.1. The molecule has 4 unspecified atom stereocenters. The Labute approximate surface area is 115 Å². The van der Waals surface area contributed by atoms with E-state index in [9.17, 15) is 20.1 Å². The van der Waals surface area contributed by atoms with Crippen LogP contribution in [-0.2, 0) is 4.74 Å². The van der Waals surface area contributed by atoms with Gasteiger partial charge >= 0.3 is 0 Å². The number of aromatic hydroxyl groups is 1. The van der Waals surface area contributed by atoms with E-state index in [1.54, 1.807) is 0 Å². The summed E-state index contributed by atoms with van der Waals surface area (Å²) in [5, 5.41) is 38.0. The number of pyridine rings is 1. The third-order valence-electron chi connectivity index (χ3n) is 3.14. The second kappa shape index (κ2) is 5.89. The van der Waals surface area contributed by atoms with Crippen molar-refractivity contribution in [3.63, 3.8) is 0 Å². The second-order valence-corrected chi connectivity index (χ2v) is 4.25. The van der Waals surface area contributed by atoms with Crippen molar-refractivity contribution in [2.45, 2.75) is 31.5 Å². The highest BCUT2D eigenvalue weighted by Crippen LogP contribution is 2.30. The van der Waals surface area contributed by atoms with Crippen molar-refractivity contribution < 1.29 is 25.2 Å². The van der Waals surface area contributed by atoms with Crippen LogP contribution in [0.3, 0.4) is 0 Å². The molecule has 1 fully saturated rings. The van der Waals surface area contributed by atoms with Crippen molar-refractivity contribution in [1.29, 1.82) is 0 Å². The lowest BCUT2D eigenvalue weighted by atomic mass is 10.1. The number of aliphatic hydroxyl groups excluding tert-OH is 3. The largest absolute Gasteiger partial charge is 0.503 e. The van der Waals surface area contributed by atoms with Gasteiger partial charge in [-0.2, -0.15) is 0 Å². The quantitative estimate of drug-likeness (QED) is 0.550. The van der Waals surface area contributed by atoms with Crippen molar-refractivity contribution in [3.05, 3.63) is 28.2 Å². The summed E-state index contributed by atoms with van der Waals surface area (Å²) in [6.45, 7) is 1.06. The van der Waals surface area contributed by atoms with Gasteiger partial charge in [-0.05, 0) is 6.92 Å². The van der Waals surface area contributed by atoms with E-state index in [4.69, 9.17) is 9.84 Å². The summed E-state index contributed by atoms with van der Waals surface area (Å²) < 4.78 is 6.64. The van der Waals surface area contributed by atoms with Gasteiger partial charge in [0.25, 0.3) is 0 Å². The maximum absolute atomic E-state index is 11.2. The highest BCUT2D eigenvalue weighted by molar-refractivity contribution is 5.85. The molecule has 2 rings (SSSR count). The van der Waals surface area contributed by atoms with Gasteiger partial charge in [-0.3, -0.25) is 4.79 Å². The molecule has 1 aliphatic rings. The van der Waals surface area contributed by atoms with Crippen molar-refractivity contribution in [3.8, 4) is 5.75 Å². The molecular formula is C11H16ClNO6. The first-order valence-corrected chi connectivity index (χ1v) is 5.50. The molecule has 0 bridgehead atoms. The number of hydrogen-bond acceptors (Lipinski definition) is 6. The van der Waals surface area contributed by atoms with E-state index < -0.39 is 42.3 Å². The lowest BCUT2D eigenvalue weighted by Crippen LogP contribution is -2.33. The average Bonchev–Trinajstić information content (AvgIpc) is 2.64. The van der Waals surface area contributed by atoms with Gasteiger partial charge in [-0.1, -0.05) is 0 Å².